The molecular weight excluding hydrogens is 450 g/mol. The van der Waals surface area contributed by atoms with Crippen LogP contribution in [0.25, 0.3) is 22.2 Å². The van der Waals surface area contributed by atoms with E-state index in [-0.39, 0.29) is 5.91 Å². The minimum absolute atomic E-state index is 0.102. The van der Waals surface area contributed by atoms with Gasteiger partial charge in [-0.1, -0.05) is 42.5 Å². The zero-order chi connectivity index (χ0) is 24.5. The largest absolute Gasteiger partial charge is 0.365 e. The second-order valence-electron chi connectivity index (χ2n) is 8.79. The van der Waals surface area contributed by atoms with Crippen molar-refractivity contribution in [1.29, 1.82) is 0 Å². The van der Waals surface area contributed by atoms with Gasteiger partial charge < -0.3 is 20.5 Å². The minimum Gasteiger partial charge on any atom is -0.365 e. The van der Waals surface area contributed by atoms with Crippen molar-refractivity contribution in [2.24, 2.45) is 0 Å². The van der Waals surface area contributed by atoms with Crippen molar-refractivity contribution < 1.29 is 4.79 Å². The van der Waals surface area contributed by atoms with Crippen molar-refractivity contribution in [2.45, 2.75) is 19.4 Å². The number of hydrogen-bond acceptors (Lipinski definition) is 6. The van der Waals surface area contributed by atoms with Gasteiger partial charge in [0.05, 0.1) is 16.8 Å². The first-order valence-corrected chi connectivity index (χ1v) is 11.9. The molecule has 0 unspecified atom stereocenters. The number of aromatic amines is 1. The molecule has 1 aliphatic rings. The van der Waals surface area contributed by atoms with Gasteiger partial charge in [0, 0.05) is 44.2 Å². The van der Waals surface area contributed by atoms with Gasteiger partial charge >= 0.3 is 0 Å². The summed E-state index contributed by atoms with van der Waals surface area (Å²) in [4.78, 5) is 31.2. The zero-order valence-corrected chi connectivity index (χ0v) is 19.8. The number of anilines is 4. The standard InChI is InChI=1S/C28H25N7O/c1-35-23(36)11-10-20-8-5-9-22(25(20)35)32-28-33-26(30-16-18-6-3-2-4-7-18)24-21(17-31-27(24)34-28)19-12-14-29-15-13-19/h2-9,12-15,17H,10-11,16H2,1H3,(H3,30,31,32,33,34). The second kappa shape index (κ2) is 9.14. The molecule has 36 heavy (non-hydrogen) atoms. The Bertz CT molecular complexity index is 1550. The number of para-hydroxylation sites is 1. The number of H-pyrrole nitrogens is 1. The summed E-state index contributed by atoms with van der Waals surface area (Å²) in [5.74, 6) is 1.26. The molecule has 4 heterocycles. The molecule has 0 radical (unpaired) electrons. The highest BCUT2D eigenvalue weighted by Gasteiger charge is 2.24. The van der Waals surface area contributed by atoms with Gasteiger partial charge in [-0.25, -0.2) is 0 Å². The number of carbonyl (C=O) groups is 1. The van der Waals surface area contributed by atoms with Crippen LogP contribution in [0.5, 0.6) is 0 Å². The average molecular weight is 476 g/mol. The maximum atomic E-state index is 12.4. The zero-order valence-electron chi connectivity index (χ0n) is 19.8. The number of aryl methyl sites for hydroxylation is 1. The van der Waals surface area contributed by atoms with E-state index in [4.69, 9.17) is 9.97 Å². The topological polar surface area (TPSA) is 98.8 Å². The van der Waals surface area contributed by atoms with E-state index in [1.807, 2.05) is 55.7 Å². The molecule has 0 atom stereocenters. The number of carbonyl (C=O) groups excluding carboxylic acids is 1. The van der Waals surface area contributed by atoms with Gasteiger partial charge in [-0.3, -0.25) is 9.78 Å². The third-order valence-electron chi connectivity index (χ3n) is 6.51. The quantitative estimate of drug-likeness (QED) is 0.309. The van der Waals surface area contributed by atoms with Crippen LogP contribution in [0.1, 0.15) is 17.5 Å². The summed E-state index contributed by atoms with van der Waals surface area (Å²) < 4.78 is 0. The predicted octanol–water partition coefficient (Wildman–Crippen LogP) is 5.28. The number of amides is 1. The minimum atomic E-state index is 0.102. The first-order valence-electron chi connectivity index (χ1n) is 11.9. The van der Waals surface area contributed by atoms with E-state index in [1.54, 1.807) is 17.3 Å². The Labute approximate surface area is 208 Å². The van der Waals surface area contributed by atoms with Crippen LogP contribution in [0.15, 0.2) is 79.3 Å². The van der Waals surface area contributed by atoms with Gasteiger partial charge in [-0.05, 0) is 41.3 Å². The van der Waals surface area contributed by atoms with Gasteiger partial charge in [-0.15, -0.1) is 0 Å². The number of pyridine rings is 1. The Hall–Kier alpha value is -4.72. The SMILES string of the molecule is CN1C(=O)CCc2cccc(Nc3nc(NCc4ccccc4)c4c(-c5ccncc5)c[nH]c4n3)c21. The van der Waals surface area contributed by atoms with Crippen molar-refractivity contribution in [3.63, 3.8) is 0 Å². The van der Waals surface area contributed by atoms with Crippen LogP contribution < -0.4 is 15.5 Å². The van der Waals surface area contributed by atoms with Gasteiger partial charge in [-0.2, -0.15) is 9.97 Å². The van der Waals surface area contributed by atoms with Crippen LogP contribution in [-0.2, 0) is 17.8 Å². The van der Waals surface area contributed by atoms with Gasteiger partial charge in [0.15, 0.2) is 0 Å². The summed E-state index contributed by atoms with van der Waals surface area (Å²) in [5.41, 5.74) is 6.70. The Morgan fingerprint density at radius 1 is 0.972 bits per heavy atom. The number of rotatable bonds is 6. The molecule has 0 spiro atoms. The molecule has 1 amide bonds. The Morgan fingerprint density at radius 2 is 1.81 bits per heavy atom. The highest BCUT2D eigenvalue weighted by atomic mass is 16.2. The van der Waals surface area contributed by atoms with E-state index >= 15 is 0 Å². The van der Waals surface area contributed by atoms with Crippen molar-refractivity contribution >= 4 is 40.1 Å². The molecule has 0 fully saturated rings. The first-order chi connectivity index (χ1) is 17.7. The smallest absolute Gasteiger partial charge is 0.231 e. The Morgan fingerprint density at radius 3 is 2.64 bits per heavy atom. The van der Waals surface area contributed by atoms with Gasteiger partial charge in [0.25, 0.3) is 0 Å². The van der Waals surface area contributed by atoms with Crippen molar-refractivity contribution in [3.8, 4) is 11.1 Å². The van der Waals surface area contributed by atoms with E-state index in [0.717, 1.165) is 45.4 Å². The Balaban J connectivity index is 1.43. The van der Waals surface area contributed by atoms with E-state index in [1.165, 1.54) is 0 Å². The number of aromatic nitrogens is 4. The van der Waals surface area contributed by atoms with Gasteiger partial charge in [0.2, 0.25) is 11.9 Å². The van der Waals surface area contributed by atoms with Crippen LogP contribution in [0.2, 0.25) is 0 Å². The molecule has 3 aromatic heterocycles. The molecule has 178 valence electrons. The summed E-state index contributed by atoms with van der Waals surface area (Å²) in [6, 6.07) is 20.2. The van der Waals surface area contributed by atoms with Crippen LogP contribution in [0.4, 0.5) is 23.1 Å². The lowest BCUT2D eigenvalue weighted by atomic mass is 10.0. The second-order valence-corrected chi connectivity index (χ2v) is 8.79. The third-order valence-corrected chi connectivity index (χ3v) is 6.51. The summed E-state index contributed by atoms with van der Waals surface area (Å²) in [5, 5.41) is 7.80. The molecular formula is C28H25N7O. The monoisotopic (exact) mass is 475 g/mol. The maximum absolute atomic E-state index is 12.4. The fourth-order valence-electron chi connectivity index (χ4n) is 4.70. The summed E-state index contributed by atoms with van der Waals surface area (Å²) in [6.07, 6.45) is 6.74. The third kappa shape index (κ3) is 4.02. The molecule has 6 rings (SSSR count). The molecule has 8 nitrogen and oxygen atoms in total. The lowest BCUT2D eigenvalue weighted by molar-refractivity contribution is -0.118. The fraction of sp³-hybridized carbons (Fsp3) is 0.143. The van der Waals surface area contributed by atoms with Crippen LogP contribution in [0, 0.1) is 0 Å². The Kier molecular flexibility index (Phi) is 5.53. The van der Waals surface area contributed by atoms with Crippen LogP contribution >= 0.6 is 0 Å². The van der Waals surface area contributed by atoms with E-state index in [9.17, 15) is 4.79 Å². The normalized spacial score (nSPS) is 13.0. The summed E-state index contributed by atoms with van der Waals surface area (Å²) >= 11 is 0. The average Bonchev–Trinajstić information content (AvgIpc) is 3.35. The lowest BCUT2D eigenvalue weighted by Gasteiger charge is -2.28. The molecule has 0 aliphatic carbocycles. The summed E-state index contributed by atoms with van der Waals surface area (Å²) in [6.45, 7) is 0.616. The number of fused-ring (bicyclic) bond motifs is 2. The first kappa shape index (κ1) is 21.8. The van der Waals surface area contributed by atoms with Crippen molar-refractivity contribution in [1.82, 2.24) is 19.9 Å². The number of hydrogen-bond donors (Lipinski definition) is 3. The molecule has 0 saturated heterocycles. The van der Waals surface area contributed by atoms with E-state index in [2.05, 4.69) is 38.8 Å². The van der Waals surface area contributed by atoms with E-state index in [0.29, 0.717) is 30.4 Å². The molecule has 0 bridgehead atoms. The van der Waals surface area contributed by atoms with Crippen LogP contribution in [0.3, 0.4) is 0 Å². The number of nitrogens with zero attached hydrogens (tertiary/aromatic N) is 4. The van der Waals surface area contributed by atoms with Gasteiger partial charge in [0.1, 0.15) is 11.5 Å². The molecule has 5 aromatic rings. The molecule has 0 saturated carbocycles. The van der Waals surface area contributed by atoms with Crippen LogP contribution in [-0.4, -0.2) is 32.9 Å². The predicted molar refractivity (Wildman–Crippen MR) is 142 cm³/mol. The molecule has 8 heteroatoms. The maximum Gasteiger partial charge on any atom is 0.231 e. The van der Waals surface area contributed by atoms with Crippen molar-refractivity contribution in [2.75, 3.05) is 22.6 Å². The summed E-state index contributed by atoms with van der Waals surface area (Å²) in [7, 11) is 1.81. The molecule has 2 aromatic carbocycles. The van der Waals surface area contributed by atoms with Crippen molar-refractivity contribution in [3.05, 3.63) is 90.4 Å². The number of benzene rings is 2. The van der Waals surface area contributed by atoms with E-state index < -0.39 is 0 Å². The highest BCUT2D eigenvalue weighted by Crippen LogP contribution is 2.37. The molecule has 3 N–H and O–H groups in total. The number of nitrogens with one attached hydrogen (secondary N) is 3. The fourth-order valence-corrected chi connectivity index (χ4v) is 4.70. The lowest BCUT2D eigenvalue weighted by Crippen LogP contribution is -2.31. The molecule has 1 aliphatic heterocycles. The highest BCUT2D eigenvalue weighted by molar-refractivity contribution is 6.02.